The van der Waals surface area contributed by atoms with E-state index in [1.54, 1.807) is 6.20 Å². The van der Waals surface area contributed by atoms with Crippen molar-refractivity contribution in [2.24, 2.45) is 0 Å². The highest BCUT2D eigenvalue weighted by molar-refractivity contribution is 5.70. The van der Waals surface area contributed by atoms with Crippen LogP contribution in [0, 0.1) is 0 Å². The van der Waals surface area contributed by atoms with E-state index in [-0.39, 0.29) is 18.0 Å². The molecule has 0 aliphatic carbocycles. The maximum atomic E-state index is 11.9. The third kappa shape index (κ3) is 4.18. The number of hydrogen-bond donors (Lipinski definition) is 0. The molecule has 1 heterocycles. The van der Waals surface area contributed by atoms with Gasteiger partial charge in [-0.3, -0.25) is 4.79 Å². The Balaban J connectivity index is 2.04. The number of benzene rings is 1. The Morgan fingerprint density at radius 2 is 2.14 bits per heavy atom. The standard InChI is InChI=1S/C17H22N2O2/c1-4-14(3)21-17(20)11-13(2)15-7-5-8-16(12-15)19-10-6-9-18-19/h5-10,12-14H,4,11H2,1-3H3. The van der Waals surface area contributed by atoms with Crippen LogP contribution in [0.15, 0.2) is 42.7 Å². The number of rotatable bonds is 6. The van der Waals surface area contributed by atoms with Crippen LogP contribution in [0.25, 0.3) is 5.69 Å². The molecule has 112 valence electrons. The van der Waals surface area contributed by atoms with Crippen LogP contribution in [0.4, 0.5) is 0 Å². The van der Waals surface area contributed by atoms with Crippen molar-refractivity contribution in [3.05, 3.63) is 48.3 Å². The van der Waals surface area contributed by atoms with E-state index in [4.69, 9.17) is 4.74 Å². The van der Waals surface area contributed by atoms with Gasteiger partial charge in [0.2, 0.25) is 0 Å². The normalized spacial score (nSPS) is 13.7. The van der Waals surface area contributed by atoms with Crippen molar-refractivity contribution in [2.75, 3.05) is 0 Å². The van der Waals surface area contributed by atoms with Gasteiger partial charge in [-0.25, -0.2) is 4.68 Å². The molecule has 0 aliphatic rings. The highest BCUT2D eigenvalue weighted by Crippen LogP contribution is 2.22. The fourth-order valence-electron chi connectivity index (χ4n) is 2.12. The van der Waals surface area contributed by atoms with Crippen molar-refractivity contribution < 1.29 is 9.53 Å². The predicted molar refractivity (Wildman–Crippen MR) is 82.4 cm³/mol. The van der Waals surface area contributed by atoms with E-state index in [0.29, 0.717) is 6.42 Å². The Kier molecular flexibility index (Phi) is 5.14. The molecule has 0 bridgehead atoms. The summed E-state index contributed by atoms with van der Waals surface area (Å²) < 4.78 is 7.15. The van der Waals surface area contributed by atoms with Crippen molar-refractivity contribution in [3.8, 4) is 5.69 Å². The molecule has 0 amide bonds. The molecular weight excluding hydrogens is 264 g/mol. The van der Waals surface area contributed by atoms with E-state index >= 15 is 0 Å². The minimum atomic E-state index is -0.138. The molecule has 0 saturated carbocycles. The van der Waals surface area contributed by atoms with E-state index < -0.39 is 0 Å². The number of esters is 1. The zero-order chi connectivity index (χ0) is 15.2. The van der Waals surface area contributed by atoms with Gasteiger partial charge in [0.15, 0.2) is 0 Å². The van der Waals surface area contributed by atoms with Gasteiger partial charge in [-0.1, -0.05) is 26.0 Å². The lowest BCUT2D eigenvalue weighted by Crippen LogP contribution is -2.15. The molecule has 2 atom stereocenters. The van der Waals surface area contributed by atoms with Crippen LogP contribution < -0.4 is 0 Å². The van der Waals surface area contributed by atoms with E-state index in [1.807, 2.05) is 55.9 Å². The van der Waals surface area contributed by atoms with Gasteiger partial charge in [-0.15, -0.1) is 0 Å². The quantitative estimate of drug-likeness (QED) is 0.760. The molecule has 1 aromatic heterocycles. The largest absolute Gasteiger partial charge is 0.463 e. The lowest BCUT2D eigenvalue weighted by Gasteiger charge is -2.15. The van der Waals surface area contributed by atoms with Gasteiger partial charge in [-0.05, 0) is 43.0 Å². The first kappa shape index (κ1) is 15.3. The maximum Gasteiger partial charge on any atom is 0.306 e. The number of nitrogens with zero attached hydrogens (tertiary/aromatic N) is 2. The summed E-state index contributed by atoms with van der Waals surface area (Å²) in [4.78, 5) is 11.9. The number of carbonyl (C=O) groups excluding carboxylic acids is 1. The third-order valence-electron chi connectivity index (χ3n) is 3.59. The first-order chi connectivity index (χ1) is 10.1. The predicted octanol–water partition coefficient (Wildman–Crippen LogP) is 3.71. The van der Waals surface area contributed by atoms with Crippen molar-refractivity contribution in [3.63, 3.8) is 0 Å². The molecule has 0 fully saturated rings. The second-order valence-electron chi connectivity index (χ2n) is 5.36. The Hall–Kier alpha value is -2.10. The smallest absolute Gasteiger partial charge is 0.306 e. The van der Waals surface area contributed by atoms with Crippen molar-refractivity contribution in [1.29, 1.82) is 0 Å². The van der Waals surface area contributed by atoms with Gasteiger partial charge in [0, 0.05) is 12.4 Å². The summed E-state index contributed by atoms with van der Waals surface area (Å²) in [5.41, 5.74) is 2.11. The van der Waals surface area contributed by atoms with Crippen molar-refractivity contribution >= 4 is 5.97 Å². The van der Waals surface area contributed by atoms with Gasteiger partial charge in [0.25, 0.3) is 0 Å². The molecule has 2 aromatic rings. The number of aromatic nitrogens is 2. The molecule has 0 saturated heterocycles. The zero-order valence-electron chi connectivity index (χ0n) is 12.8. The summed E-state index contributed by atoms with van der Waals surface area (Å²) in [6.07, 6.45) is 4.88. The van der Waals surface area contributed by atoms with Crippen molar-refractivity contribution in [1.82, 2.24) is 9.78 Å². The minimum absolute atomic E-state index is 0.0138. The van der Waals surface area contributed by atoms with Crippen LogP contribution in [0.2, 0.25) is 0 Å². The summed E-state index contributed by atoms with van der Waals surface area (Å²) in [6.45, 7) is 5.97. The fourth-order valence-corrected chi connectivity index (χ4v) is 2.12. The monoisotopic (exact) mass is 286 g/mol. The topological polar surface area (TPSA) is 44.1 Å². The maximum absolute atomic E-state index is 11.9. The highest BCUT2D eigenvalue weighted by Gasteiger charge is 2.15. The Labute approximate surface area is 125 Å². The van der Waals surface area contributed by atoms with E-state index in [9.17, 15) is 4.79 Å². The molecule has 2 rings (SSSR count). The number of ether oxygens (including phenoxy) is 1. The van der Waals surface area contributed by atoms with Crippen LogP contribution in [0.1, 0.15) is 45.1 Å². The van der Waals surface area contributed by atoms with Crippen LogP contribution in [0.5, 0.6) is 0 Å². The second kappa shape index (κ2) is 7.07. The zero-order valence-corrected chi connectivity index (χ0v) is 12.8. The summed E-state index contributed by atoms with van der Waals surface area (Å²) in [5.74, 6) is -0.0154. The summed E-state index contributed by atoms with van der Waals surface area (Å²) >= 11 is 0. The van der Waals surface area contributed by atoms with E-state index in [0.717, 1.165) is 17.7 Å². The molecule has 1 aromatic carbocycles. The molecule has 0 N–H and O–H groups in total. The van der Waals surface area contributed by atoms with Gasteiger partial charge >= 0.3 is 5.97 Å². The van der Waals surface area contributed by atoms with Crippen molar-refractivity contribution in [2.45, 2.75) is 45.6 Å². The average Bonchev–Trinajstić information content (AvgIpc) is 3.01. The molecule has 0 aliphatic heterocycles. The number of carbonyl (C=O) groups is 1. The first-order valence-corrected chi connectivity index (χ1v) is 7.39. The first-order valence-electron chi connectivity index (χ1n) is 7.39. The lowest BCUT2D eigenvalue weighted by atomic mass is 9.97. The molecule has 4 nitrogen and oxygen atoms in total. The Morgan fingerprint density at radius 3 is 2.81 bits per heavy atom. The molecule has 2 unspecified atom stereocenters. The van der Waals surface area contributed by atoms with E-state index in [1.165, 1.54) is 0 Å². The second-order valence-corrected chi connectivity index (χ2v) is 5.36. The van der Waals surface area contributed by atoms with Gasteiger partial charge < -0.3 is 4.74 Å². The van der Waals surface area contributed by atoms with Crippen LogP contribution in [-0.4, -0.2) is 21.9 Å². The molecule has 4 heteroatoms. The highest BCUT2D eigenvalue weighted by atomic mass is 16.5. The number of hydrogen-bond acceptors (Lipinski definition) is 3. The average molecular weight is 286 g/mol. The Morgan fingerprint density at radius 1 is 1.33 bits per heavy atom. The molecular formula is C17H22N2O2. The third-order valence-corrected chi connectivity index (χ3v) is 3.59. The molecule has 21 heavy (non-hydrogen) atoms. The van der Waals surface area contributed by atoms with E-state index in [2.05, 4.69) is 11.2 Å². The summed E-state index contributed by atoms with van der Waals surface area (Å²) in [5, 5.41) is 4.22. The summed E-state index contributed by atoms with van der Waals surface area (Å²) in [7, 11) is 0. The summed E-state index contributed by atoms with van der Waals surface area (Å²) in [6, 6.07) is 9.98. The Bertz CT molecular complexity index is 578. The van der Waals surface area contributed by atoms with Crippen LogP contribution >= 0.6 is 0 Å². The molecule has 0 spiro atoms. The lowest BCUT2D eigenvalue weighted by molar-refractivity contribution is -0.148. The van der Waals surface area contributed by atoms with Gasteiger partial charge in [-0.2, -0.15) is 5.10 Å². The SMILES string of the molecule is CCC(C)OC(=O)CC(C)c1cccc(-n2cccn2)c1. The molecule has 0 radical (unpaired) electrons. The minimum Gasteiger partial charge on any atom is -0.463 e. The van der Waals surface area contributed by atoms with Gasteiger partial charge in [0.1, 0.15) is 0 Å². The van der Waals surface area contributed by atoms with Crippen LogP contribution in [0.3, 0.4) is 0 Å². The van der Waals surface area contributed by atoms with Crippen LogP contribution in [-0.2, 0) is 9.53 Å². The fraction of sp³-hybridized carbons (Fsp3) is 0.412. The van der Waals surface area contributed by atoms with Gasteiger partial charge in [0.05, 0.1) is 18.2 Å².